The van der Waals surface area contributed by atoms with Crippen molar-refractivity contribution in [1.29, 1.82) is 0 Å². The van der Waals surface area contributed by atoms with E-state index in [0.29, 0.717) is 0 Å². The molecule has 0 amide bonds. The van der Waals surface area contributed by atoms with Crippen molar-refractivity contribution in [2.75, 3.05) is 0 Å². The van der Waals surface area contributed by atoms with Gasteiger partial charge in [-0.15, -0.1) is 0 Å². The molecule has 0 bridgehead atoms. The van der Waals surface area contributed by atoms with Crippen LogP contribution >= 0.6 is 0 Å². The van der Waals surface area contributed by atoms with Crippen LogP contribution in [0.4, 0.5) is 0 Å². The molecule has 0 aliphatic carbocycles. The van der Waals surface area contributed by atoms with Gasteiger partial charge in [0.05, 0.1) is 0 Å². The third-order valence-electron chi connectivity index (χ3n) is 0. The van der Waals surface area contributed by atoms with Crippen LogP contribution in [0.3, 0.4) is 0 Å². The van der Waals surface area contributed by atoms with Crippen molar-refractivity contribution in [2.24, 2.45) is 0 Å². The standard InChI is InChI=1S/Cr.2H3N.4H2O/h;2*1H3;4*1H2. The Morgan fingerprint density at radius 2 is 0.571 bits per heavy atom. The van der Waals surface area contributed by atoms with Gasteiger partial charge in [0.2, 0.25) is 0 Å². The summed E-state index contributed by atoms with van der Waals surface area (Å²) in [6.45, 7) is 0. The van der Waals surface area contributed by atoms with Crippen LogP contribution in [-0.2, 0) is 17.4 Å². The van der Waals surface area contributed by atoms with Crippen LogP contribution in [0.5, 0.6) is 0 Å². The van der Waals surface area contributed by atoms with E-state index in [-0.39, 0.29) is 51.6 Å². The summed E-state index contributed by atoms with van der Waals surface area (Å²) in [6.07, 6.45) is 0. The number of hydrogen-bond acceptors (Lipinski definition) is 2. The average molecular weight is 158 g/mol. The Kier molecular flexibility index (Phi) is 994000. The Bertz CT molecular complexity index is 9.65. The van der Waals surface area contributed by atoms with Crippen molar-refractivity contribution in [3.63, 3.8) is 0 Å². The molecule has 0 heterocycles. The average Bonchev–Trinajstić information content (AvgIpc) is 0. The smallest absolute Gasteiger partial charge is 0 e. The minimum absolute atomic E-state index is 0. The molecule has 0 aromatic heterocycles. The largest absolute Gasteiger partial charge is 0.870 e. The molecule has 0 rings (SSSR count). The maximum atomic E-state index is 0. The molecule has 0 aliphatic rings. The molecular weight excluding hydrogens is 144 g/mol. The van der Waals surface area contributed by atoms with Crippen molar-refractivity contribution in [2.45, 2.75) is 0 Å². The summed E-state index contributed by atoms with van der Waals surface area (Å²) in [5, 5.41) is 0. The van der Waals surface area contributed by atoms with Crippen molar-refractivity contribution < 1.29 is 39.3 Å². The number of quaternary nitrogens is 2. The van der Waals surface area contributed by atoms with E-state index < -0.39 is 0 Å². The predicted octanol–water partition coefficient (Wildman–Crippen LogP) is -1.25. The van der Waals surface area contributed by atoms with Crippen molar-refractivity contribution in [1.82, 2.24) is 12.3 Å². The van der Waals surface area contributed by atoms with Gasteiger partial charge in [-0.3, -0.25) is 0 Å². The first-order chi connectivity index (χ1) is 0. The van der Waals surface area contributed by atoms with Gasteiger partial charge in [-0.05, 0) is 0 Å². The minimum atomic E-state index is 0. The molecule has 0 aliphatic heterocycles. The van der Waals surface area contributed by atoms with Crippen LogP contribution in [0.15, 0.2) is 0 Å². The van der Waals surface area contributed by atoms with E-state index in [1.54, 1.807) is 0 Å². The summed E-state index contributed by atoms with van der Waals surface area (Å²) in [5.41, 5.74) is 0. The van der Waals surface area contributed by atoms with E-state index in [0.717, 1.165) is 0 Å². The summed E-state index contributed by atoms with van der Waals surface area (Å²) in [7, 11) is 0. The van der Waals surface area contributed by atoms with Crippen LogP contribution < -0.4 is 12.3 Å². The number of rotatable bonds is 0. The molecular formula is H14CrN2O4. The van der Waals surface area contributed by atoms with Gasteiger partial charge < -0.3 is 34.2 Å². The molecule has 7 heteroatoms. The molecule has 0 aromatic carbocycles. The Labute approximate surface area is 52.4 Å². The van der Waals surface area contributed by atoms with E-state index >= 15 is 0 Å². The summed E-state index contributed by atoms with van der Waals surface area (Å²) >= 11 is 0. The fourth-order valence-corrected chi connectivity index (χ4v) is 0. The molecule has 0 fully saturated rings. The summed E-state index contributed by atoms with van der Waals surface area (Å²) < 4.78 is 0. The van der Waals surface area contributed by atoms with Crippen molar-refractivity contribution in [3.05, 3.63) is 0 Å². The summed E-state index contributed by atoms with van der Waals surface area (Å²) in [6, 6.07) is 0. The Balaban J connectivity index is 0. The molecule has 0 atom stereocenters. The Hall–Kier alpha value is 0.292. The second-order valence-corrected chi connectivity index (χ2v) is 0. The zero-order valence-electron chi connectivity index (χ0n) is 4.30. The van der Waals surface area contributed by atoms with E-state index in [4.69, 9.17) is 0 Å². The van der Waals surface area contributed by atoms with Gasteiger partial charge in [-0.1, -0.05) is 0 Å². The molecule has 0 aromatic rings. The van der Waals surface area contributed by atoms with E-state index in [2.05, 4.69) is 0 Å². The van der Waals surface area contributed by atoms with Gasteiger partial charge in [-0.25, -0.2) is 0 Å². The van der Waals surface area contributed by atoms with Crippen molar-refractivity contribution in [3.8, 4) is 0 Å². The minimum Gasteiger partial charge on any atom is -0.870 e. The first-order valence-corrected chi connectivity index (χ1v) is 0. The van der Waals surface area contributed by atoms with Gasteiger partial charge in [0.1, 0.15) is 0 Å². The van der Waals surface area contributed by atoms with E-state index in [1.807, 2.05) is 0 Å². The normalized spacial score (nSPS) is 0. The van der Waals surface area contributed by atoms with Gasteiger partial charge in [0.15, 0.2) is 0 Å². The third kappa shape index (κ3) is 1360. The van der Waals surface area contributed by atoms with E-state index in [1.165, 1.54) is 0 Å². The monoisotopic (exact) mass is 158 g/mol. The van der Waals surface area contributed by atoms with Crippen LogP contribution in [-0.4, -0.2) is 21.9 Å². The molecule has 7 heavy (non-hydrogen) atoms. The first-order valence-electron chi connectivity index (χ1n) is 0. The molecule has 14 N–H and O–H groups in total. The Morgan fingerprint density at radius 1 is 0.571 bits per heavy atom. The van der Waals surface area contributed by atoms with E-state index in [9.17, 15) is 0 Å². The topological polar surface area (TPSA) is 196 Å². The predicted molar refractivity (Wildman–Crippen MR) is 23.1 cm³/mol. The van der Waals surface area contributed by atoms with Crippen LogP contribution in [0.25, 0.3) is 0 Å². The molecule has 0 saturated carbocycles. The fraction of sp³-hybridized carbons (Fsp3) is 0. The number of hydrogen-bond donors (Lipinski definition) is 2. The second-order valence-electron chi connectivity index (χ2n) is 0. The molecule has 54 valence electrons. The van der Waals surface area contributed by atoms with Gasteiger partial charge in [0, 0.05) is 17.4 Å². The second kappa shape index (κ2) is 2060. The van der Waals surface area contributed by atoms with Crippen molar-refractivity contribution >= 4 is 0 Å². The quantitative estimate of drug-likeness (QED) is 0.444. The van der Waals surface area contributed by atoms with Crippen LogP contribution in [0.2, 0.25) is 0 Å². The molecule has 0 unspecified atom stereocenters. The van der Waals surface area contributed by atoms with Gasteiger partial charge in [-0.2, -0.15) is 0 Å². The molecule has 0 radical (unpaired) electrons. The zero-order valence-corrected chi connectivity index (χ0v) is 5.58. The molecule has 6 nitrogen and oxygen atoms in total. The summed E-state index contributed by atoms with van der Waals surface area (Å²) in [5.74, 6) is 0. The third-order valence-corrected chi connectivity index (χ3v) is 0. The first kappa shape index (κ1) is 3380. The summed E-state index contributed by atoms with van der Waals surface area (Å²) in [4.78, 5) is 0. The van der Waals surface area contributed by atoms with Crippen LogP contribution in [0, 0.1) is 0 Å². The van der Waals surface area contributed by atoms with Gasteiger partial charge in [0.25, 0.3) is 0 Å². The maximum absolute atomic E-state index is 0. The SMILES string of the molecule is O.O.[Cr].[NH4+].[NH4+].[OH-].[OH-]. The Morgan fingerprint density at radius 3 is 0.571 bits per heavy atom. The fourth-order valence-electron chi connectivity index (χ4n) is 0. The molecule has 0 spiro atoms. The van der Waals surface area contributed by atoms with Gasteiger partial charge >= 0.3 is 0 Å². The zero-order chi connectivity index (χ0) is 0. The maximum Gasteiger partial charge on any atom is 0 e. The van der Waals surface area contributed by atoms with Crippen LogP contribution in [0.1, 0.15) is 0 Å². The molecule has 0 saturated heterocycles.